The number of carbonyl (C=O) groups excluding carboxylic acids is 2. The lowest BCUT2D eigenvalue weighted by molar-refractivity contribution is -0.120. The number of hydrogen-bond donors (Lipinski definition) is 0. The lowest BCUT2D eigenvalue weighted by Crippen LogP contribution is -2.54. The zero-order chi connectivity index (χ0) is 22.4. The third-order valence-electron chi connectivity index (χ3n) is 7.28. The summed E-state index contributed by atoms with van der Waals surface area (Å²) in [5.41, 5.74) is 6.39. The highest BCUT2D eigenvalue weighted by Gasteiger charge is 2.38. The predicted octanol–water partition coefficient (Wildman–Crippen LogP) is 3.60. The molecule has 3 aliphatic rings. The molecule has 0 saturated carbocycles. The number of rotatable bonds is 2. The minimum absolute atomic E-state index is 0.0510. The number of likely N-dealkylation sites (N-methyl/N-ethyl adjacent to an activating group) is 1. The van der Waals surface area contributed by atoms with Crippen molar-refractivity contribution >= 4 is 28.9 Å². The molecule has 0 radical (unpaired) electrons. The fraction of sp³-hybridized carbons (Fsp3) is 0.462. The first-order valence-corrected chi connectivity index (χ1v) is 11.7. The number of amides is 2. The molecule has 2 saturated heterocycles. The molecule has 2 aromatic rings. The number of nitrogens with zero attached hydrogens (tertiary/aromatic N) is 4. The molecule has 0 N–H and O–H groups in total. The number of fused-ring (bicyclic) bond motifs is 3. The maximum atomic E-state index is 13.3. The largest absolute Gasteiger partial charge is 0.368 e. The van der Waals surface area contributed by atoms with E-state index < -0.39 is 0 Å². The maximum Gasteiger partial charge on any atom is 0.254 e. The van der Waals surface area contributed by atoms with Gasteiger partial charge in [-0.05, 0) is 68.5 Å². The summed E-state index contributed by atoms with van der Waals surface area (Å²) in [6.45, 7) is 8.23. The quantitative estimate of drug-likeness (QED) is 0.728. The Morgan fingerprint density at radius 2 is 1.66 bits per heavy atom. The molecular weight excluding hydrogens is 400 g/mol. The first kappa shape index (κ1) is 20.9. The zero-order valence-electron chi connectivity index (χ0n) is 19.3. The van der Waals surface area contributed by atoms with Crippen LogP contribution in [0.15, 0.2) is 36.4 Å². The molecule has 32 heavy (non-hydrogen) atoms. The number of benzene rings is 2. The van der Waals surface area contributed by atoms with Crippen LogP contribution in [0, 0.1) is 13.8 Å². The molecule has 0 aliphatic carbocycles. The highest BCUT2D eigenvalue weighted by Crippen LogP contribution is 2.39. The van der Waals surface area contributed by atoms with Gasteiger partial charge in [-0.1, -0.05) is 12.1 Å². The van der Waals surface area contributed by atoms with Gasteiger partial charge in [0.1, 0.15) is 6.04 Å². The van der Waals surface area contributed by atoms with Gasteiger partial charge in [0.25, 0.3) is 5.91 Å². The van der Waals surface area contributed by atoms with Crippen LogP contribution in [0.25, 0.3) is 0 Å². The van der Waals surface area contributed by atoms with Crippen LogP contribution in [0.3, 0.4) is 0 Å². The average molecular weight is 433 g/mol. The minimum Gasteiger partial charge on any atom is -0.368 e. The van der Waals surface area contributed by atoms with E-state index in [1.165, 1.54) is 16.8 Å². The van der Waals surface area contributed by atoms with Crippen molar-refractivity contribution in [3.8, 4) is 0 Å². The lowest BCUT2D eigenvalue weighted by Gasteiger charge is -2.44. The first-order chi connectivity index (χ1) is 15.4. The van der Waals surface area contributed by atoms with E-state index in [1.54, 1.807) is 4.90 Å². The second-order valence-corrected chi connectivity index (χ2v) is 9.37. The highest BCUT2D eigenvalue weighted by molar-refractivity contribution is 6.07. The number of piperidine rings is 1. The van der Waals surface area contributed by atoms with Gasteiger partial charge < -0.3 is 19.6 Å². The van der Waals surface area contributed by atoms with Crippen molar-refractivity contribution in [1.29, 1.82) is 0 Å². The maximum absolute atomic E-state index is 13.3. The SMILES string of the molecule is Cc1ccc(C)c(N2CCN(C(=O)c3ccc4c(c3)N(C)C(=O)C3CCCCN43)CC2)c1. The molecule has 168 valence electrons. The van der Waals surface area contributed by atoms with Crippen molar-refractivity contribution < 1.29 is 9.59 Å². The van der Waals surface area contributed by atoms with E-state index in [2.05, 4.69) is 41.8 Å². The normalized spacial score (nSPS) is 20.8. The predicted molar refractivity (Wildman–Crippen MR) is 129 cm³/mol. The van der Waals surface area contributed by atoms with E-state index in [-0.39, 0.29) is 17.9 Å². The molecule has 6 nitrogen and oxygen atoms in total. The minimum atomic E-state index is -0.0547. The molecule has 2 fully saturated rings. The van der Waals surface area contributed by atoms with Gasteiger partial charge in [0.2, 0.25) is 5.91 Å². The zero-order valence-corrected chi connectivity index (χ0v) is 19.3. The molecule has 0 aromatic heterocycles. The Hall–Kier alpha value is -3.02. The summed E-state index contributed by atoms with van der Waals surface area (Å²) < 4.78 is 0. The third kappa shape index (κ3) is 3.51. The number of anilines is 3. The van der Waals surface area contributed by atoms with Crippen LogP contribution in [-0.4, -0.2) is 62.5 Å². The Bertz CT molecular complexity index is 1060. The van der Waals surface area contributed by atoms with Crippen molar-refractivity contribution in [1.82, 2.24) is 4.90 Å². The topological polar surface area (TPSA) is 47.1 Å². The number of hydrogen-bond acceptors (Lipinski definition) is 4. The van der Waals surface area contributed by atoms with Crippen LogP contribution in [0.1, 0.15) is 40.7 Å². The molecule has 2 aromatic carbocycles. The molecule has 6 heteroatoms. The molecule has 3 heterocycles. The highest BCUT2D eigenvalue weighted by atomic mass is 16.2. The van der Waals surface area contributed by atoms with Crippen LogP contribution < -0.4 is 14.7 Å². The summed E-state index contributed by atoms with van der Waals surface area (Å²) in [5.74, 6) is 0.193. The van der Waals surface area contributed by atoms with Crippen molar-refractivity contribution in [3.05, 3.63) is 53.1 Å². The summed E-state index contributed by atoms with van der Waals surface area (Å²) in [6.07, 6.45) is 3.12. The number of piperazine rings is 1. The number of aryl methyl sites for hydroxylation is 2. The summed E-state index contributed by atoms with van der Waals surface area (Å²) in [5, 5.41) is 0. The van der Waals surface area contributed by atoms with Crippen LogP contribution >= 0.6 is 0 Å². The van der Waals surface area contributed by atoms with Gasteiger partial charge in [0.05, 0.1) is 11.4 Å². The molecule has 5 rings (SSSR count). The molecule has 1 unspecified atom stereocenters. The Kier molecular flexibility index (Phi) is 5.31. The van der Waals surface area contributed by atoms with Gasteiger partial charge in [-0.2, -0.15) is 0 Å². The Labute approximate surface area is 190 Å². The smallest absolute Gasteiger partial charge is 0.254 e. The summed E-state index contributed by atoms with van der Waals surface area (Å²) >= 11 is 0. The third-order valence-corrected chi connectivity index (χ3v) is 7.28. The summed E-state index contributed by atoms with van der Waals surface area (Å²) in [4.78, 5) is 34.5. The van der Waals surface area contributed by atoms with Crippen LogP contribution in [0.2, 0.25) is 0 Å². The lowest BCUT2D eigenvalue weighted by atomic mass is 9.95. The molecule has 2 amide bonds. The van der Waals surface area contributed by atoms with Crippen molar-refractivity contribution in [2.75, 3.05) is 54.5 Å². The van der Waals surface area contributed by atoms with E-state index in [1.807, 2.05) is 30.1 Å². The van der Waals surface area contributed by atoms with Crippen molar-refractivity contribution in [2.45, 2.75) is 39.2 Å². The van der Waals surface area contributed by atoms with Gasteiger partial charge in [0.15, 0.2) is 0 Å². The Morgan fingerprint density at radius 1 is 0.875 bits per heavy atom. The Morgan fingerprint density at radius 3 is 2.44 bits per heavy atom. The number of carbonyl (C=O) groups is 2. The van der Waals surface area contributed by atoms with E-state index in [4.69, 9.17) is 0 Å². The second-order valence-electron chi connectivity index (χ2n) is 9.37. The van der Waals surface area contributed by atoms with Crippen molar-refractivity contribution in [3.63, 3.8) is 0 Å². The van der Waals surface area contributed by atoms with Gasteiger partial charge in [0, 0.05) is 51.0 Å². The first-order valence-electron chi connectivity index (χ1n) is 11.7. The van der Waals surface area contributed by atoms with Crippen LogP contribution in [0.5, 0.6) is 0 Å². The van der Waals surface area contributed by atoms with E-state index >= 15 is 0 Å². The van der Waals surface area contributed by atoms with Gasteiger partial charge in [-0.25, -0.2) is 0 Å². The van der Waals surface area contributed by atoms with E-state index in [0.717, 1.165) is 50.3 Å². The van der Waals surface area contributed by atoms with Gasteiger partial charge in [-0.15, -0.1) is 0 Å². The summed E-state index contributed by atoms with van der Waals surface area (Å²) in [7, 11) is 1.84. The fourth-order valence-electron chi connectivity index (χ4n) is 5.38. The fourth-order valence-corrected chi connectivity index (χ4v) is 5.38. The molecule has 0 spiro atoms. The molecule has 0 bridgehead atoms. The van der Waals surface area contributed by atoms with Gasteiger partial charge in [-0.3, -0.25) is 9.59 Å². The van der Waals surface area contributed by atoms with Gasteiger partial charge >= 0.3 is 0 Å². The summed E-state index contributed by atoms with van der Waals surface area (Å²) in [6, 6.07) is 12.4. The van der Waals surface area contributed by atoms with Crippen molar-refractivity contribution in [2.24, 2.45) is 0 Å². The van der Waals surface area contributed by atoms with Crippen LogP contribution in [0.4, 0.5) is 17.1 Å². The van der Waals surface area contributed by atoms with E-state index in [0.29, 0.717) is 18.7 Å². The molecular formula is C26H32N4O2. The Balaban J connectivity index is 1.33. The van der Waals surface area contributed by atoms with E-state index in [9.17, 15) is 9.59 Å². The molecule has 1 atom stereocenters. The van der Waals surface area contributed by atoms with Crippen LogP contribution in [-0.2, 0) is 4.79 Å². The standard InChI is InChI=1S/C26H32N4O2/c1-18-7-8-19(2)23(16-18)28-12-14-29(15-13-28)25(31)20-9-10-21-24(17-20)27(3)26(32)22-6-4-5-11-30(21)22/h7-10,16-17,22H,4-6,11-15H2,1-3H3. The molecule has 3 aliphatic heterocycles. The monoisotopic (exact) mass is 432 g/mol. The average Bonchev–Trinajstić information content (AvgIpc) is 2.83. The second kappa shape index (κ2) is 8.15.